The Kier molecular flexibility index (Phi) is 7.35. The summed E-state index contributed by atoms with van der Waals surface area (Å²) >= 11 is 9.37. The Bertz CT molecular complexity index is 585. The molecule has 0 spiro atoms. The molecular formula is C16H22BrClN2O3. The number of carbonyl (C=O) groups excluding carboxylic acids is 2. The van der Waals surface area contributed by atoms with Crippen LogP contribution in [-0.4, -0.2) is 25.0 Å². The summed E-state index contributed by atoms with van der Waals surface area (Å²) in [7, 11) is 0. The van der Waals surface area contributed by atoms with Gasteiger partial charge in [0.25, 0.3) is 0 Å². The van der Waals surface area contributed by atoms with Gasteiger partial charge in [0, 0.05) is 23.4 Å². The van der Waals surface area contributed by atoms with E-state index in [0.29, 0.717) is 27.5 Å². The maximum atomic E-state index is 12.0. The molecule has 0 fully saturated rings. The predicted molar refractivity (Wildman–Crippen MR) is 96.0 cm³/mol. The van der Waals surface area contributed by atoms with Gasteiger partial charge in [0.15, 0.2) is 5.75 Å². The summed E-state index contributed by atoms with van der Waals surface area (Å²) in [5.41, 5.74) is 0.0227. The van der Waals surface area contributed by atoms with Gasteiger partial charge < -0.3 is 15.4 Å². The first-order valence-electron chi connectivity index (χ1n) is 7.35. The summed E-state index contributed by atoms with van der Waals surface area (Å²) in [6.07, 6.45) is 0.164. The molecule has 0 bridgehead atoms. The summed E-state index contributed by atoms with van der Waals surface area (Å²) in [6.45, 7) is 8.05. The minimum Gasteiger partial charge on any atom is -0.491 e. The molecule has 0 aromatic heterocycles. The first-order chi connectivity index (χ1) is 10.6. The number of halogens is 2. The van der Waals surface area contributed by atoms with Crippen LogP contribution in [0.5, 0.6) is 5.75 Å². The van der Waals surface area contributed by atoms with Crippen molar-refractivity contribution < 1.29 is 14.3 Å². The third kappa shape index (κ3) is 6.39. The van der Waals surface area contributed by atoms with Gasteiger partial charge in [0.1, 0.15) is 0 Å². The zero-order valence-electron chi connectivity index (χ0n) is 13.8. The molecular weight excluding hydrogens is 384 g/mol. The molecule has 0 unspecified atom stereocenters. The fourth-order valence-electron chi connectivity index (χ4n) is 1.71. The first kappa shape index (κ1) is 19.8. The lowest BCUT2D eigenvalue weighted by Crippen LogP contribution is -2.36. The molecule has 0 radical (unpaired) electrons. The highest BCUT2D eigenvalue weighted by atomic mass is 79.9. The summed E-state index contributed by atoms with van der Waals surface area (Å²) < 4.78 is 6.19. The topological polar surface area (TPSA) is 67.4 Å². The van der Waals surface area contributed by atoms with Crippen LogP contribution < -0.4 is 15.4 Å². The Morgan fingerprint density at radius 2 is 1.96 bits per heavy atom. The fraction of sp³-hybridized carbons (Fsp3) is 0.500. The second-order valence-corrected chi connectivity index (χ2v) is 7.29. The van der Waals surface area contributed by atoms with Crippen LogP contribution in [0.1, 0.15) is 34.1 Å². The van der Waals surface area contributed by atoms with E-state index in [0.717, 1.165) is 0 Å². The molecule has 0 saturated heterocycles. The van der Waals surface area contributed by atoms with Crippen molar-refractivity contribution in [1.82, 2.24) is 5.32 Å². The maximum absolute atomic E-state index is 12.0. The first-order valence-corrected chi connectivity index (χ1v) is 8.52. The summed E-state index contributed by atoms with van der Waals surface area (Å²) in [4.78, 5) is 23.8. The minimum atomic E-state index is -0.476. The maximum Gasteiger partial charge on any atom is 0.226 e. The lowest BCUT2D eigenvalue weighted by Gasteiger charge is -2.17. The van der Waals surface area contributed by atoms with Gasteiger partial charge in [-0.1, -0.05) is 32.4 Å². The van der Waals surface area contributed by atoms with Crippen LogP contribution in [0.15, 0.2) is 16.6 Å². The summed E-state index contributed by atoms with van der Waals surface area (Å²) in [5, 5.41) is 5.98. The van der Waals surface area contributed by atoms with E-state index < -0.39 is 5.41 Å². The minimum absolute atomic E-state index is 0.0918. The van der Waals surface area contributed by atoms with Crippen LogP contribution in [0, 0.1) is 5.41 Å². The molecule has 0 heterocycles. The molecule has 1 rings (SSSR count). The number of anilines is 1. The van der Waals surface area contributed by atoms with E-state index in [4.69, 9.17) is 16.3 Å². The van der Waals surface area contributed by atoms with Crippen LogP contribution in [0.4, 0.5) is 5.69 Å². The van der Waals surface area contributed by atoms with Crippen molar-refractivity contribution in [3.63, 3.8) is 0 Å². The number of benzene rings is 1. The predicted octanol–water partition coefficient (Wildman–Crippen LogP) is 3.99. The molecule has 7 heteroatoms. The molecule has 2 amide bonds. The average Bonchev–Trinajstić information content (AvgIpc) is 2.41. The van der Waals surface area contributed by atoms with Crippen molar-refractivity contribution in [2.45, 2.75) is 34.1 Å². The van der Waals surface area contributed by atoms with Crippen LogP contribution in [0.2, 0.25) is 5.02 Å². The number of ether oxygens (including phenoxy) is 1. The largest absolute Gasteiger partial charge is 0.491 e. The van der Waals surface area contributed by atoms with Gasteiger partial charge in [-0.15, -0.1) is 0 Å². The highest BCUT2D eigenvalue weighted by Crippen LogP contribution is 2.36. The quantitative estimate of drug-likeness (QED) is 0.752. The van der Waals surface area contributed by atoms with Crippen LogP contribution in [0.3, 0.4) is 0 Å². The molecule has 1 aromatic rings. The Labute approximate surface area is 150 Å². The zero-order valence-corrected chi connectivity index (χ0v) is 16.1. The number of hydrogen-bond acceptors (Lipinski definition) is 3. The molecule has 0 aliphatic rings. The summed E-state index contributed by atoms with van der Waals surface area (Å²) in [6, 6.07) is 3.33. The Morgan fingerprint density at radius 1 is 1.30 bits per heavy atom. The third-order valence-electron chi connectivity index (χ3n) is 2.89. The standard InChI is InChI=1S/C16H22BrClN2O3/c1-5-23-14-11(17)8-10(18)9-12(14)20-13(21)6-7-19-15(22)16(2,3)4/h8-9H,5-7H2,1-4H3,(H,19,22)(H,20,21). The van der Waals surface area contributed by atoms with Gasteiger partial charge in [-0.3, -0.25) is 9.59 Å². The zero-order chi connectivity index (χ0) is 17.6. The van der Waals surface area contributed by atoms with Gasteiger partial charge in [0.05, 0.1) is 16.8 Å². The van der Waals surface area contributed by atoms with Gasteiger partial charge in [-0.25, -0.2) is 0 Å². The van der Waals surface area contributed by atoms with Crippen molar-refractivity contribution in [3.05, 3.63) is 21.6 Å². The van der Waals surface area contributed by atoms with Crippen LogP contribution >= 0.6 is 27.5 Å². The summed E-state index contributed by atoms with van der Waals surface area (Å²) in [5.74, 6) is 0.212. The van der Waals surface area contributed by atoms with E-state index in [-0.39, 0.29) is 24.8 Å². The number of carbonyl (C=O) groups is 2. The van der Waals surface area contributed by atoms with E-state index in [2.05, 4.69) is 26.6 Å². The number of amides is 2. The molecule has 23 heavy (non-hydrogen) atoms. The molecule has 0 aliphatic heterocycles. The second-order valence-electron chi connectivity index (χ2n) is 6.00. The van der Waals surface area contributed by atoms with E-state index in [1.807, 2.05) is 27.7 Å². The Balaban J connectivity index is 2.66. The van der Waals surface area contributed by atoms with Gasteiger partial charge in [-0.05, 0) is 35.0 Å². The smallest absolute Gasteiger partial charge is 0.226 e. The Morgan fingerprint density at radius 3 is 2.52 bits per heavy atom. The molecule has 0 saturated carbocycles. The molecule has 0 aliphatic carbocycles. The molecule has 5 nitrogen and oxygen atoms in total. The van der Waals surface area contributed by atoms with Crippen molar-refractivity contribution in [1.29, 1.82) is 0 Å². The monoisotopic (exact) mass is 404 g/mol. The van der Waals surface area contributed by atoms with Crippen LogP contribution in [-0.2, 0) is 9.59 Å². The van der Waals surface area contributed by atoms with E-state index >= 15 is 0 Å². The number of nitrogens with one attached hydrogen (secondary N) is 2. The molecule has 1 aromatic carbocycles. The van der Waals surface area contributed by atoms with Gasteiger partial charge >= 0.3 is 0 Å². The average molecular weight is 406 g/mol. The molecule has 0 atom stereocenters. The fourth-order valence-corrected chi connectivity index (χ4v) is 2.64. The highest BCUT2D eigenvalue weighted by Gasteiger charge is 2.20. The van der Waals surface area contributed by atoms with Crippen LogP contribution in [0.25, 0.3) is 0 Å². The van der Waals surface area contributed by atoms with Gasteiger partial charge in [0.2, 0.25) is 11.8 Å². The van der Waals surface area contributed by atoms with Crippen molar-refractivity contribution in [2.24, 2.45) is 5.41 Å². The highest BCUT2D eigenvalue weighted by molar-refractivity contribution is 9.10. The molecule has 128 valence electrons. The van der Waals surface area contributed by atoms with E-state index in [9.17, 15) is 9.59 Å². The lowest BCUT2D eigenvalue weighted by atomic mass is 9.96. The van der Waals surface area contributed by atoms with Crippen molar-refractivity contribution in [3.8, 4) is 5.75 Å². The molecule has 2 N–H and O–H groups in total. The van der Waals surface area contributed by atoms with E-state index in [1.165, 1.54) is 0 Å². The SMILES string of the molecule is CCOc1c(Br)cc(Cl)cc1NC(=O)CCNC(=O)C(C)(C)C. The lowest BCUT2D eigenvalue weighted by molar-refractivity contribution is -0.128. The van der Waals surface area contributed by atoms with Crippen molar-refractivity contribution in [2.75, 3.05) is 18.5 Å². The van der Waals surface area contributed by atoms with Crippen molar-refractivity contribution >= 4 is 45.0 Å². The Hall–Kier alpha value is -1.27. The number of rotatable bonds is 6. The van der Waals surface area contributed by atoms with E-state index in [1.54, 1.807) is 12.1 Å². The van der Waals surface area contributed by atoms with Gasteiger partial charge in [-0.2, -0.15) is 0 Å². The second kappa shape index (κ2) is 8.55. The normalized spacial score (nSPS) is 11.0. The number of hydrogen-bond donors (Lipinski definition) is 2. The third-order valence-corrected chi connectivity index (χ3v) is 3.70.